The van der Waals surface area contributed by atoms with Gasteiger partial charge in [0.2, 0.25) is 5.91 Å². The van der Waals surface area contributed by atoms with Gasteiger partial charge < -0.3 is 9.47 Å². The third kappa shape index (κ3) is 4.33. The summed E-state index contributed by atoms with van der Waals surface area (Å²) in [4.78, 5) is 15.3. The van der Waals surface area contributed by atoms with E-state index in [1.807, 2.05) is 25.7 Å². The second kappa shape index (κ2) is 8.33. The number of carbonyl (C=O) groups excluding carboxylic acids is 1. The van der Waals surface area contributed by atoms with Crippen LogP contribution in [0.3, 0.4) is 0 Å². The number of hydrogen-bond acceptors (Lipinski definition) is 5. The quantitative estimate of drug-likeness (QED) is 0.695. The maximum atomic E-state index is 12.1. The van der Waals surface area contributed by atoms with E-state index < -0.39 is 0 Å². The van der Waals surface area contributed by atoms with Gasteiger partial charge in [0.15, 0.2) is 5.16 Å². The first kappa shape index (κ1) is 17.0. The molecule has 0 fully saturated rings. The lowest BCUT2D eigenvalue weighted by Crippen LogP contribution is -2.31. The van der Waals surface area contributed by atoms with Gasteiger partial charge in [-0.15, -0.1) is 21.5 Å². The SMILES string of the molecule is CCN(CC)C(=O)CSc1nnc(C)n1CCc1cccs1. The summed E-state index contributed by atoms with van der Waals surface area (Å²) in [5.41, 5.74) is 0. The number of thiophene rings is 1. The fraction of sp³-hybridized carbons (Fsp3) is 0.533. The van der Waals surface area contributed by atoms with E-state index in [4.69, 9.17) is 0 Å². The molecule has 2 aromatic heterocycles. The highest BCUT2D eigenvalue weighted by atomic mass is 32.2. The van der Waals surface area contributed by atoms with Crippen LogP contribution in [0, 0.1) is 6.92 Å². The molecule has 120 valence electrons. The van der Waals surface area contributed by atoms with Crippen molar-refractivity contribution in [2.45, 2.75) is 38.9 Å². The molecule has 0 N–H and O–H groups in total. The van der Waals surface area contributed by atoms with Crippen LogP contribution in [0.1, 0.15) is 24.5 Å². The Bertz CT molecular complexity index is 591. The molecule has 2 rings (SSSR count). The van der Waals surface area contributed by atoms with Gasteiger partial charge in [-0.3, -0.25) is 4.79 Å². The number of aryl methyl sites for hydroxylation is 2. The Morgan fingerprint density at radius 2 is 2.14 bits per heavy atom. The van der Waals surface area contributed by atoms with Gasteiger partial charge in [0.25, 0.3) is 0 Å². The van der Waals surface area contributed by atoms with E-state index >= 15 is 0 Å². The van der Waals surface area contributed by atoms with Crippen LogP contribution in [-0.4, -0.2) is 44.4 Å². The molecular weight excluding hydrogens is 316 g/mol. The van der Waals surface area contributed by atoms with Gasteiger partial charge in [0.1, 0.15) is 5.82 Å². The third-order valence-electron chi connectivity index (χ3n) is 3.50. The predicted octanol–water partition coefficient (Wildman–Crippen LogP) is 2.85. The Balaban J connectivity index is 1.95. The molecular formula is C15H22N4OS2. The Morgan fingerprint density at radius 1 is 1.36 bits per heavy atom. The summed E-state index contributed by atoms with van der Waals surface area (Å²) in [5.74, 6) is 1.47. The molecule has 0 aliphatic heterocycles. The number of aromatic nitrogens is 3. The molecule has 5 nitrogen and oxygen atoms in total. The van der Waals surface area contributed by atoms with E-state index in [2.05, 4.69) is 32.3 Å². The van der Waals surface area contributed by atoms with Crippen molar-refractivity contribution in [3.63, 3.8) is 0 Å². The lowest BCUT2D eigenvalue weighted by atomic mass is 10.3. The first-order valence-electron chi connectivity index (χ1n) is 7.48. The van der Waals surface area contributed by atoms with E-state index in [0.29, 0.717) is 5.75 Å². The maximum absolute atomic E-state index is 12.1. The summed E-state index contributed by atoms with van der Waals surface area (Å²) in [6.07, 6.45) is 0.966. The standard InChI is InChI=1S/C15H22N4OS2/c1-4-18(5-2)14(20)11-22-15-17-16-12(3)19(15)9-8-13-7-6-10-21-13/h6-7,10H,4-5,8-9,11H2,1-3H3. The Kier molecular flexibility index (Phi) is 6.45. The van der Waals surface area contributed by atoms with Crippen LogP contribution < -0.4 is 0 Å². The van der Waals surface area contributed by atoms with E-state index in [9.17, 15) is 4.79 Å². The van der Waals surface area contributed by atoms with Crippen molar-refractivity contribution in [1.29, 1.82) is 0 Å². The zero-order chi connectivity index (χ0) is 15.9. The van der Waals surface area contributed by atoms with Gasteiger partial charge in [-0.25, -0.2) is 0 Å². The number of carbonyl (C=O) groups is 1. The number of thioether (sulfide) groups is 1. The number of amides is 1. The number of rotatable bonds is 8. The maximum Gasteiger partial charge on any atom is 0.233 e. The number of nitrogens with zero attached hydrogens (tertiary/aromatic N) is 4. The van der Waals surface area contributed by atoms with Crippen LogP contribution in [0.15, 0.2) is 22.7 Å². The summed E-state index contributed by atoms with van der Waals surface area (Å²) in [6.45, 7) is 8.30. The van der Waals surface area contributed by atoms with Crippen molar-refractivity contribution in [2.24, 2.45) is 0 Å². The van der Waals surface area contributed by atoms with Crippen molar-refractivity contribution >= 4 is 29.0 Å². The number of hydrogen-bond donors (Lipinski definition) is 0. The zero-order valence-electron chi connectivity index (χ0n) is 13.3. The molecule has 0 aromatic carbocycles. The monoisotopic (exact) mass is 338 g/mol. The van der Waals surface area contributed by atoms with E-state index in [1.165, 1.54) is 16.6 Å². The van der Waals surface area contributed by atoms with Crippen LogP contribution in [0.25, 0.3) is 0 Å². The summed E-state index contributed by atoms with van der Waals surface area (Å²) in [6, 6.07) is 4.21. The fourth-order valence-electron chi connectivity index (χ4n) is 2.20. The average molecular weight is 339 g/mol. The minimum Gasteiger partial charge on any atom is -0.343 e. The third-order valence-corrected chi connectivity index (χ3v) is 5.39. The summed E-state index contributed by atoms with van der Waals surface area (Å²) < 4.78 is 2.10. The zero-order valence-corrected chi connectivity index (χ0v) is 14.9. The van der Waals surface area contributed by atoms with Crippen molar-refractivity contribution in [3.05, 3.63) is 28.2 Å². The average Bonchev–Trinajstić information content (AvgIpc) is 3.14. The molecule has 22 heavy (non-hydrogen) atoms. The highest BCUT2D eigenvalue weighted by Crippen LogP contribution is 2.19. The minimum absolute atomic E-state index is 0.153. The first-order valence-corrected chi connectivity index (χ1v) is 9.35. The van der Waals surface area contributed by atoms with Crippen LogP contribution >= 0.6 is 23.1 Å². The molecule has 1 amide bonds. The minimum atomic E-state index is 0.153. The highest BCUT2D eigenvalue weighted by Gasteiger charge is 2.14. The largest absolute Gasteiger partial charge is 0.343 e. The molecule has 7 heteroatoms. The molecule has 0 aliphatic carbocycles. The molecule has 0 bridgehead atoms. The van der Waals surface area contributed by atoms with E-state index in [1.54, 1.807) is 11.3 Å². The molecule has 0 saturated carbocycles. The fourth-order valence-corrected chi connectivity index (χ4v) is 3.81. The topological polar surface area (TPSA) is 51.0 Å². The van der Waals surface area contributed by atoms with E-state index in [0.717, 1.165) is 37.0 Å². The molecule has 2 aromatic rings. The summed E-state index contributed by atoms with van der Waals surface area (Å²) >= 11 is 3.24. The van der Waals surface area contributed by atoms with Crippen molar-refractivity contribution in [1.82, 2.24) is 19.7 Å². The molecule has 0 unspecified atom stereocenters. The van der Waals surface area contributed by atoms with Crippen LogP contribution in [0.2, 0.25) is 0 Å². The van der Waals surface area contributed by atoms with Gasteiger partial charge in [-0.2, -0.15) is 0 Å². The molecule has 0 spiro atoms. The Morgan fingerprint density at radius 3 is 2.77 bits per heavy atom. The second-order valence-corrected chi connectivity index (χ2v) is 6.84. The lowest BCUT2D eigenvalue weighted by Gasteiger charge is -2.18. The smallest absolute Gasteiger partial charge is 0.233 e. The predicted molar refractivity (Wildman–Crippen MR) is 91.4 cm³/mol. The van der Waals surface area contributed by atoms with Crippen LogP contribution in [0.5, 0.6) is 0 Å². The second-order valence-electron chi connectivity index (χ2n) is 4.87. The summed E-state index contributed by atoms with van der Waals surface area (Å²) in [7, 11) is 0. The molecule has 0 atom stereocenters. The van der Waals surface area contributed by atoms with Crippen LogP contribution in [0.4, 0.5) is 0 Å². The summed E-state index contributed by atoms with van der Waals surface area (Å²) in [5, 5.41) is 11.3. The molecule has 0 saturated heterocycles. The van der Waals surface area contributed by atoms with Gasteiger partial charge in [0, 0.05) is 24.5 Å². The highest BCUT2D eigenvalue weighted by molar-refractivity contribution is 7.99. The van der Waals surface area contributed by atoms with Gasteiger partial charge in [-0.05, 0) is 38.6 Å². The Hall–Kier alpha value is -1.34. The normalized spacial score (nSPS) is 10.9. The Labute approximate surface area is 139 Å². The van der Waals surface area contributed by atoms with Crippen molar-refractivity contribution in [2.75, 3.05) is 18.8 Å². The van der Waals surface area contributed by atoms with Gasteiger partial charge in [-0.1, -0.05) is 17.8 Å². The van der Waals surface area contributed by atoms with Gasteiger partial charge in [0.05, 0.1) is 5.75 Å². The molecule has 0 aliphatic rings. The van der Waals surface area contributed by atoms with E-state index in [-0.39, 0.29) is 5.91 Å². The first-order chi connectivity index (χ1) is 10.7. The molecule has 2 heterocycles. The molecule has 0 radical (unpaired) electrons. The van der Waals surface area contributed by atoms with Gasteiger partial charge >= 0.3 is 0 Å². The van der Waals surface area contributed by atoms with Crippen LogP contribution in [-0.2, 0) is 17.8 Å². The van der Waals surface area contributed by atoms with Crippen molar-refractivity contribution < 1.29 is 4.79 Å². The lowest BCUT2D eigenvalue weighted by molar-refractivity contribution is -0.127. The van der Waals surface area contributed by atoms with Crippen molar-refractivity contribution in [3.8, 4) is 0 Å².